The maximum atomic E-state index is 12.4. The van der Waals surface area contributed by atoms with Gasteiger partial charge < -0.3 is 9.88 Å². The Kier molecular flexibility index (Phi) is 4.28. The molecule has 1 aliphatic carbocycles. The van der Waals surface area contributed by atoms with Crippen LogP contribution < -0.4 is 5.32 Å². The fourth-order valence-corrected chi connectivity index (χ4v) is 2.70. The van der Waals surface area contributed by atoms with Crippen LogP contribution in [0.15, 0.2) is 23.7 Å². The van der Waals surface area contributed by atoms with Crippen molar-refractivity contribution >= 4 is 35.4 Å². The number of imidazole rings is 1. The molecule has 22 heavy (non-hydrogen) atoms. The summed E-state index contributed by atoms with van der Waals surface area (Å²) in [6.45, 7) is 1.36. The zero-order valence-corrected chi connectivity index (χ0v) is 12.8. The van der Waals surface area contributed by atoms with Crippen LogP contribution in [0.5, 0.6) is 0 Å². The number of hydrogen-bond acceptors (Lipinski definition) is 5. The van der Waals surface area contributed by atoms with E-state index in [4.69, 9.17) is 12.2 Å². The van der Waals surface area contributed by atoms with Crippen LogP contribution in [0.4, 0.5) is 0 Å². The number of thiocarbonyl (C=S) groups is 1. The van der Waals surface area contributed by atoms with E-state index in [0.717, 1.165) is 25.8 Å². The van der Waals surface area contributed by atoms with Crippen LogP contribution in [0.2, 0.25) is 0 Å². The first-order chi connectivity index (χ1) is 10.7. The minimum atomic E-state index is -0.861. The molecule has 1 saturated heterocycles. The van der Waals surface area contributed by atoms with E-state index < -0.39 is 5.92 Å². The molecule has 1 saturated carbocycles. The molecule has 1 atom stereocenters. The molecule has 7 nitrogen and oxygen atoms in total. The molecule has 1 aromatic heterocycles. The maximum Gasteiger partial charge on any atom is 0.247 e. The van der Waals surface area contributed by atoms with Gasteiger partial charge in [-0.15, -0.1) is 0 Å². The number of carbonyl (C=O) groups excluding carboxylic acids is 2. The highest BCUT2D eigenvalue weighted by Gasteiger charge is 2.44. The van der Waals surface area contributed by atoms with Crippen molar-refractivity contribution in [3.05, 3.63) is 18.7 Å². The molecule has 0 spiro atoms. The Labute approximate surface area is 133 Å². The van der Waals surface area contributed by atoms with Gasteiger partial charge in [-0.05, 0) is 31.5 Å². The van der Waals surface area contributed by atoms with Gasteiger partial charge in [-0.25, -0.2) is 4.98 Å². The van der Waals surface area contributed by atoms with Crippen molar-refractivity contribution in [3.8, 4) is 0 Å². The van der Waals surface area contributed by atoms with E-state index in [1.807, 2.05) is 10.8 Å². The quantitative estimate of drug-likeness (QED) is 0.355. The van der Waals surface area contributed by atoms with E-state index in [2.05, 4.69) is 15.3 Å². The van der Waals surface area contributed by atoms with E-state index in [1.165, 1.54) is 11.1 Å². The van der Waals surface area contributed by atoms with E-state index in [1.54, 1.807) is 12.5 Å². The first-order valence-electron chi connectivity index (χ1n) is 7.30. The average Bonchev–Trinajstić information content (AvgIpc) is 3.16. The zero-order chi connectivity index (χ0) is 15.5. The van der Waals surface area contributed by atoms with Crippen LogP contribution in [0.1, 0.15) is 19.3 Å². The molecule has 3 rings (SSSR count). The van der Waals surface area contributed by atoms with Crippen LogP contribution in [-0.2, 0) is 16.1 Å². The zero-order valence-electron chi connectivity index (χ0n) is 12.0. The molecular weight excluding hydrogens is 302 g/mol. The SMILES string of the molecule is O=C1NC(=S)N(C2CC2)C(=O)C1C=NCCCn1ccnc1. The highest BCUT2D eigenvalue weighted by atomic mass is 32.1. The summed E-state index contributed by atoms with van der Waals surface area (Å²) in [5.74, 6) is -1.50. The molecule has 2 heterocycles. The van der Waals surface area contributed by atoms with E-state index in [9.17, 15) is 9.59 Å². The lowest BCUT2D eigenvalue weighted by Gasteiger charge is -2.30. The molecule has 0 aromatic carbocycles. The Morgan fingerprint density at radius 2 is 2.27 bits per heavy atom. The van der Waals surface area contributed by atoms with Crippen molar-refractivity contribution in [3.63, 3.8) is 0 Å². The van der Waals surface area contributed by atoms with Gasteiger partial charge in [0, 0.05) is 37.7 Å². The number of carbonyl (C=O) groups is 2. The summed E-state index contributed by atoms with van der Waals surface area (Å²) in [7, 11) is 0. The lowest BCUT2D eigenvalue weighted by molar-refractivity contribution is -0.138. The van der Waals surface area contributed by atoms with Gasteiger partial charge in [-0.1, -0.05) is 0 Å². The van der Waals surface area contributed by atoms with Gasteiger partial charge in [-0.2, -0.15) is 0 Å². The second-order valence-electron chi connectivity index (χ2n) is 5.42. The third-order valence-corrected chi connectivity index (χ3v) is 3.96. The summed E-state index contributed by atoms with van der Waals surface area (Å²) in [4.78, 5) is 34.0. The fourth-order valence-electron chi connectivity index (χ4n) is 2.36. The topological polar surface area (TPSA) is 79.6 Å². The number of hydrogen-bond donors (Lipinski definition) is 1. The van der Waals surface area contributed by atoms with Crippen LogP contribution in [0, 0.1) is 5.92 Å². The number of rotatable bonds is 6. The first kappa shape index (κ1) is 14.8. The van der Waals surface area contributed by atoms with Crippen molar-refractivity contribution in [2.75, 3.05) is 6.54 Å². The number of amides is 2. The third-order valence-electron chi connectivity index (χ3n) is 3.66. The normalized spacial score (nSPS) is 22.5. The lowest BCUT2D eigenvalue weighted by atomic mass is 10.1. The summed E-state index contributed by atoms with van der Waals surface area (Å²) < 4.78 is 1.96. The molecule has 0 radical (unpaired) electrons. The van der Waals surface area contributed by atoms with Gasteiger partial charge in [0.1, 0.15) is 0 Å². The highest BCUT2D eigenvalue weighted by molar-refractivity contribution is 7.80. The predicted octanol–water partition coefficient (Wildman–Crippen LogP) is 0.366. The predicted molar refractivity (Wildman–Crippen MR) is 84.3 cm³/mol. The summed E-state index contributed by atoms with van der Waals surface area (Å²) in [6.07, 6.45) is 9.51. The number of nitrogens with zero attached hydrogens (tertiary/aromatic N) is 4. The van der Waals surface area contributed by atoms with E-state index >= 15 is 0 Å². The number of aliphatic imine (C=N–C) groups is 1. The molecule has 1 unspecified atom stereocenters. The van der Waals surface area contributed by atoms with Crippen molar-refractivity contribution in [2.45, 2.75) is 31.8 Å². The summed E-state index contributed by atoms with van der Waals surface area (Å²) in [5.41, 5.74) is 0. The lowest BCUT2D eigenvalue weighted by Crippen LogP contribution is -2.58. The summed E-state index contributed by atoms with van der Waals surface area (Å²) in [5, 5.41) is 2.81. The molecule has 2 fully saturated rings. The van der Waals surface area contributed by atoms with Crippen molar-refractivity contribution < 1.29 is 9.59 Å². The molecule has 1 N–H and O–H groups in total. The number of aromatic nitrogens is 2. The first-order valence-corrected chi connectivity index (χ1v) is 7.71. The largest absolute Gasteiger partial charge is 0.337 e. The third kappa shape index (κ3) is 3.22. The van der Waals surface area contributed by atoms with Crippen molar-refractivity contribution in [2.24, 2.45) is 10.9 Å². The van der Waals surface area contributed by atoms with Gasteiger partial charge in [0.25, 0.3) is 0 Å². The van der Waals surface area contributed by atoms with Gasteiger partial charge in [-0.3, -0.25) is 19.5 Å². The summed E-state index contributed by atoms with van der Waals surface area (Å²) >= 11 is 5.07. The van der Waals surface area contributed by atoms with Crippen molar-refractivity contribution in [1.82, 2.24) is 19.8 Å². The number of aryl methyl sites for hydroxylation is 1. The average molecular weight is 319 g/mol. The van der Waals surface area contributed by atoms with Crippen LogP contribution in [0.25, 0.3) is 0 Å². The van der Waals surface area contributed by atoms with Crippen molar-refractivity contribution in [1.29, 1.82) is 0 Å². The molecule has 1 aliphatic heterocycles. The van der Waals surface area contributed by atoms with Gasteiger partial charge in [0.05, 0.1) is 6.33 Å². The number of nitrogens with one attached hydrogen (secondary N) is 1. The van der Waals surface area contributed by atoms with Gasteiger partial charge in [0.15, 0.2) is 11.0 Å². The second kappa shape index (κ2) is 6.35. The Bertz CT molecular complexity index is 609. The van der Waals surface area contributed by atoms with Gasteiger partial charge >= 0.3 is 0 Å². The standard InChI is InChI=1S/C14H17N5O2S/c20-12-11(8-15-4-1-6-18-7-5-16-9-18)13(21)19(10-2-3-10)14(22)17-12/h5,7-11H,1-4,6H2,(H,17,20,22). The molecule has 2 aliphatic rings. The molecular formula is C14H17N5O2S. The Balaban J connectivity index is 1.53. The minimum absolute atomic E-state index is 0.151. The minimum Gasteiger partial charge on any atom is -0.337 e. The smallest absolute Gasteiger partial charge is 0.247 e. The molecule has 8 heteroatoms. The second-order valence-corrected chi connectivity index (χ2v) is 5.81. The summed E-state index contributed by atoms with van der Waals surface area (Å²) in [6, 6.07) is 0.151. The van der Waals surface area contributed by atoms with E-state index in [0.29, 0.717) is 6.54 Å². The molecule has 116 valence electrons. The molecule has 2 amide bonds. The van der Waals surface area contributed by atoms with E-state index in [-0.39, 0.29) is 23.0 Å². The van der Waals surface area contributed by atoms with Gasteiger partial charge in [0.2, 0.25) is 11.8 Å². The monoisotopic (exact) mass is 319 g/mol. The Hall–Kier alpha value is -2.09. The van der Waals surface area contributed by atoms with Crippen LogP contribution >= 0.6 is 12.2 Å². The van der Waals surface area contributed by atoms with Crippen LogP contribution in [-0.4, -0.2) is 50.2 Å². The fraction of sp³-hybridized carbons (Fsp3) is 0.500. The molecule has 0 bridgehead atoms. The Morgan fingerprint density at radius 1 is 1.45 bits per heavy atom. The maximum absolute atomic E-state index is 12.4. The Morgan fingerprint density at radius 3 is 2.95 bits per heavy atom. The highest BCUT2D eigenvalue weighted by Crippen LogP contribution is 2.29. The van der Waals surface area contributed by atoms with Crippen LogP contribution in [0.3, 0.4) is 0 Å². The molecule has 1 aromatic rings.